The molecule has 110 valence electrons. The lowest BCUT2D eigenvalue weighted by Gasteiger charge is -2.04. The van der Waals surface area contributed by atoms with Gasteiger partial charge in [0.15, 0.2) is 6.79 Å². The molecule has 0 aliphatic carbocycles. The van der Waals surface area contributed by atoms with Crippen LogP contribution in [0.15, 0.2) is 30.3 Å². The predicted molar refractivity (Wildman–Crippen MR) is 80.5 cm³/mol. The van der Waals surface area contributed by atoms with Crippen LogP contribution in [0.2, 0.25) is 0 Å². The summed E-state index contributed by atoms with van der Waals surface area (Å²) in [5.41, 5.74) is 0.957. The highest BCUT2D eigenvalue weighted by atomic mass is 16.7. The quantitative estimate of drug-likeness (QED) is 0.429. The van der Waals surface area contributed by atoms with Gasteiger partial charge in [-0.05, 0) is 30.2 Å². The fraction of sp³-hybridized carbons (Fsp3) is 0.438. The second kappa shape index (κ2) is 10.0. The van der Waals surface area contributed by atoms with Crippen LogP contribution >= 0.6 is 0 Å². The highest BCUT2D eigenvalue weighted by molar-refractivity contribution is 5.91. The molecule has 0 saturated heterocycles. The van der Waals surface area contributed by atoms with Crippen LogP contribution in [0.4, 0.5) is 0 Å². The van der Waals surface area contributed by atoms with Gasteiger partial charge in [-0.3, -0.25) is 4.79 Å². The minimum atomic E-state index is -0.0548. The van der Waals surface area contributed by atoms with E-state index in [1.54, 1.807) is 19.3 Å². The molecule has 1 amide bonds. The van der Waals surface area contributed by atoms with Crippen molar-refractivity contribution in [1.29, 1.82) is 0 Å². The van der Waals surface area contributed by atoms with Crippen LogP contribution in [-0.2, 0) is 9.53 Å². The van der Waals surface area contributed by atoms with Crippen LogP contribution < -0.4 is 10.1 Å². The maximum Gasteiger partial charge on any atom is 0.243 e. The molecule has 0 spiro atoms. The van der Waals surface area contributed by atoms with E-state index < -0.39 is 0 Å². The second-order valence-corrected chi connectivity index (χ2v) is 4.45. The molecule has 20 heavy (non-hydrogen) atoms. The van der Waals surface area contributed by atoms with Crippen molar-refractivity contribution in [2.75, 3.05) is 20.4 Å². The molecule has 0 aliphatic heterocycles. The van der Waals surface area contributed by atoms with Gasteiger partial charge in [-0.25, -0.2) is 0 Å². The van der Waals surface area contributed by atoms with Gasteiger partial charge >= 0.3 is 0 Å². The van der Waals surface area contributed by atoms with E-state index in [4.69, 9.17) is 9.47 Å². The van der Waals surface area contributed by atoms with Gasteiger partial charge in [0.05, 0.1) is 0 Å². The number of carbonyl (C=O) groups is 1. The Balaban J connectivity index is 2.35. The van der Waals surface area contributed by atoms with Crippen molar-refractivity contribution in [2.45, 2.75) is 26.2 Å². The Labute approximate surface area is 120 Å². The first-order chi connectivity index (χ1) is 9.76. The predicted octanol–water partition coefficient (Wildman–Crippen LogP) is 2.99. The van der Waals surface area contributed by atoms with E-state index in [0.29, 0.717) is 0 Å². The summed E-state index contributed by atoms with van der Waals surface area (Å²) >= 11 is 0. The molecule has 0 fully saturated rings. The summed E-state index contributed by atoms with van der Waals surface area (Å²) in [4.78, 5) is 11.5. The summed E-state index contributed by atoms with van der Waals surface area (Å²) in [5, 5.41) is 2.86. The fourth-order valence-electron chi connectivity index (χ4n) is 1.62. The summed E-state index contributed by atoms with van der Waals surface area (Å²) in [7, 11) is 1.58. The number of hydrogen-bond acceptors (Lipinski definition) is 3. The van der Waals surface area contributed by atoms with E-state index >= 15 is 0 Å². The number of ether oxygens (including phenoxy) is 2. The average Bonchev–Trinajstić information content (AvgIpc) is 2.48. The molecule has 4 heteroatoms. The standard InChI is InChI=1S/C16H23NO3/c1-3-4-5-12-17-16(18)11-8-14-6-9-15(10-7-14)20-13-19-2/h6-11H,3-5,12-13H2,1-2H3,(H,17,18)/b11-8+. The number of amides is 1. The monoisotopic (exact) mass is 277 g/mol. The normalized spacial score (nSPS) is 10.7. The van der Waals surface area contributed by atoms with Crippen LogP contribution in [0, 0.1) is 0 Å². The second-order valence-electron chi connectivity index (χ2n) is 4.45. The van der Waals surface area contributed by atoms with Crippen molar-refractivity contribution >= 4 is 12.0 Å². The first-order valence-electron chi connectivity index (χ1n) is 6.94. The van der Waals surface area contributed by atoms with Crippen molar-refractivity contribution in [3.63, 3.8) is 0 Å². The number of methoxy groups -OCH3 is 1. The number of rotatable bonds is 9. The Bertz CT molecular complexity index is 412. The molecule has 0 atom stereocenters. The number of carbonyl (C=O) groups excluding carboxylic acids is 1. The van der Waals surface area contributed by atoms with Gasteiger partial charge < -0.3 is 14.8 Å². The minimum Gasteiger partial charge on any atom is -0.468 e. The maximum absolute atomic E-state index is 11.5. The lowest BCUT2D eigenvalue weighted by Crippen LogP contribution is -2.21. The summed E-state index contributed by atoms with van der Waals surface area (Å²) in [6, 6.07) is 7.48. The molecule has 0 bridgehead atoms. The molecule has 1 rings (SSSR count). The molecule has 1 aromatic carbocycles. The Hall–Kier alpha value is -1.81. The zero-order chi connectivity index (χ0) is 14.6. The zero-order valence-electron chi connectivity index (χ0n) is 12.2. The third-order valence-corrected chi connectivity index (χ3v) is 2.73. The number of unbranched alkanes of at least 4 members (excludes halogenated alkanes) is 2. The molecule has 1 aromatic rings. The number of benzene rings is 1. The van der Waals surface area contributed by atoms with Gasteiger partial charge in [-0.2, -0.15) is 0 Å². The molecule has 1 N–H and O–H groups in total. The average molecular weight is 277 g/mol. The van der Waals surface area contributed by atoms with Crippen LogP contribution in [0.3, 0.4) is 0 Å². The topological polar surface area (TPSA) is 47.6 Å². The molecule has 0 saturated carbocycles. The van der Waals surface area contributed by atoms with Crippen LogP contribution in [0.1, 0.15) is 31.7 Å². The van der Waals surface area contributed by atoms with Gasteiger partial charge in [0, 0.05) is 19.7 Å². The molecular weight excluding hydrogens is 254 g/mol. The molecule has 0 aliphatic rings. The minimum absolute atomic E-state index is 0.0548. The summed E-state index contributed by atoms with van der Waals surface area (Å²) in [6.45, 7) is 3.11. The molecule has 0 aromatic heterocycles. The van der Waals surface area contributed by atoms with E-state index in [-0.39, 0.29) is 12.7 Å². The summed E-state index contributed by atoms with van der Waals surface area (Å²) < 4.78 is 10.1. The van der Waals surface area contributed by atoms with Gasteiger partial charge in [-0.1, -0.05) is 31.9 Å². The van der Waals surface area contributed by atoms with Crippen LogP contribution in [0.25, 0.3) is 6.08 Å². The molecule has 4 nitrogen and oxygen atoms in total. The molecule has 0 radical (unpaired) electrons. The fourth-order valence-corrected chi connectivity index (χ4v) is 1.62. The Morgan fingerprint density at radius 1 is 1.25 bits per heavy atom. The van der Waals surface area contributed by atoms with Crippen molar-refractivity contribution in [2.24, 2.45) is 0 Å². The summed E-state index contributed by atoms with van der Waals surface area (Å²) in [6.07, 6.45) is 6.67. The van der Waals surface area contributed by atoms with Crippen molar-refractivity contribution in [3.8, 4) is 5.75 Å². The van der Waals surface area contributed by atoms with Gasteiger partial charge in [0.25, 0.3) is 0 Å². The third-order valence-electron chi connectivity index (χ3n) is 2.73. The molecule has 0 unspecified atom stereocenters. The van der Waals surface area contributed by atoms with E-state index in [1.165, 1.54) is 0 Å². The maximum atomic E-state index is 11.5. The highest BCUT2D eigenvalue weighted by Gasteiger charge is 1.96. The lowest BCUT2D eigenvalue weighted by atomic mass is 10.2. The van der Waals surface area contributed by atoms with Crippen molar-refractivity contribution in [1.82, 2.24) is 5.32 Å². The number of nitrogens with one attached hydrogen (secondary N) is 1. The SMILES string of the molecule is CCCCCNC(=O)/C=C/c1ccc(OCOC)cc1. The Kier molecular flexibility index (Phi) is 8.15. The molecule has 0 heterocycles. The Morgan fingerprint density at radius 2 is 2.00 bits per heavy atom. The summed E-state index contributed by atoms with van der Waals surface area (Å²) in [5.74, 6) is 0.689. The van der Waals surface area contributed by atoms with Gasteiger partial charge in [-0.15, -0.1) is 0 Å². The van der Waals surface area contributed by atoms with E-state index in [1.807, 2.05) is 24.3 Å². The highest BCUT2D eigenvalue weighted by Crippen LogP contribution is 2.13. The van der Waals surface area contributed by atoms with Gasteiger partial charge in [0.1, 0.15) is 5.75 Å². The van der Waals surface area contributed by atoms with Crippen molar-refractivity contribution < 1.29 is 14.3 Å². The van der Waals surface area contributed by atoms with E-state index in [2.05, 4.69) is 12.2 Å². The van der Waals surface area contributed by atoms with E-state index in [0.717, 1.165) is 37.1 Å². The van der Waals surface area contributed by atoms with Crippen molar-refractivity contribution in [3.05, 3.63) is 35.9 Å². The lowest BCUT2D eigenvalue weighted by molar-refractivity contribution is -0.116. The zero-order valence-corrected chi connectivity index (χ0v) is 12.2. The number of hydrogen-bond donors (Lipinski definition) is 1. The largest absolute Gasteiger partial charge is 0.468 e. The molecular formula is C16H23NO3. The van der Waals surface area contributed by atoms with Crippen LogP contribution in [-0.4, -0.2) is 26.4 Å². The first kappa shape index (κ1) is 16.2. The van der Waals surface area contributed by atoms with E-state index in [9.17, 15) is 4.79 Å². The van der Waals surface area contributed by atoms with Crippen LogP contribution in [0.5, 0.6) is 5.75 Å². The first-order valence-corrected chi connectivity index (χ1v) is 6.94. The Morgan fingerprint density at radius 3 is 2.65 bits per heavy atom. The smallest absolute Gasteiger partial charge is 0.243 e. The third kappa shape index (κ3) is 6.95. The van der Waals surface area contributed by atoms with Gasteiger partial charge in [0.2, 0.25) is 5.91 Å².